The standard InChI is InChI=1S/C27H28N2O3/c1-25-24-18(17-7-3-5-15-6-4-11-29(24)22(15)17)14-27(31)20-13-16-8-9-19(30)23(32-25)21(16)26(25,27)10-12-28(20)2/h3,5,7-9,20,30-31H,4,6,10-14H2,1-2H3/t20-,25?,26+,27-/m1/s1. The molecule has 5 heteroatoms. The Labute approximate surface area is 187 Å². The number of para-hydroxylation sites is 1. The van der Waals surface area contributed by atoms with Gasteiger partial charge in [0.05, 0.1) is 22.2 Å². The fourth-order valence-corrected chi connectivity index (χ4v) is 8.70. The number of fused-ring (bicyclic) bond motifs is 4. The smallest absolute Gasteiger partial charge is 0.166 e. The number of aromatic hydroxyl groups is 1. The van der Waals surface area contributed by atoms with Crippen LogP contribution in [0.25, 0.3) is 10.9 Å². The number of likely N-dealkylation sites (tertiary alicyclic amines) is 1. The Morgan fingerprint density at radius 2 is 2.00 bits per heavy atom. The Bertz CT molecular complexity index is 1380. The van der Waals surface area contributed by atoms with Gasteiger partial charge in [0.25, 0.3) is 0 Å². The number of ether oxygens (including phenoxy) is 1. The molecule has 2 bridgehead atoms. The first-order valence-electron chi connectivity index (χ1n) is 12.0. The number of aliphatic hydroxyl groups is 1. The molecule has 2 aliphatic carbocycles. The molecule has 1 aromatic heterocycles. The van der Waals surface area contributed by atoms with Crippen LogP contribution in [0.15, 0.2) is 30.3 Å². The second-order valence-corrected chi connectivity index (χ2v) is 10.9. The lowest BCUT2D eigenvalue weighted by atomic mass is 9.45. The van der Waals surface area contributed by atoms with E-state index in [1.165, 1.54) is 33.3 Å². The summed E-state index contributed by atoms with van der Waals surface area (Å²) in [4.78, 5) is 2.35. The molecular formula is C27H28N2O3. The van der Waals surface area contributed by atoms with Crippen molar-refractivity contribution in [3.8, 4) is 11.5 Å². The van der Waals surface area contributed by atoms with Gasteiger partial charge in [-0.05, 0) is 69.0 Å². The van der Waals surface area contributed by atoms with Crippen LogP contribution in [0.5, 0.6) is 11.5 Å². The summed E-state index contributed by atoms with van der Waals surface area (Å²) in [5, 5.41) is 25.0. The molecule has 8 rings (SSSR count). The topological polar surface area (TPSA) is 57.9 Å². The van der Waals surface area contributed by atoms with Crippen molar-refractivity contribution in [3.63, 3.8) is 0 Å². The number of hydrogen-bond acceptors (Lipinski definition) is 4. The molecule has 1 fully saturated rings. The van der Waals surface area contributed by atoms with Crippen LogP contribution in [0, 0.1) is 0 Å². The predicted octanol–water partition coefficient (Wildman–Crippen LogP) is 3.39. The zero-order valence-corrected chi connectivity index (χ0v) is 18.6. The average molecular weight is 429 g/mol. The van der Waals surface area contributed by atoms with Crippen molar-refractivity contribution in [2.75, 3.05) is 13.6 Å². The van der Waals surface area contributed by atoms with Gasteiger partial charge in [0.1, 0.15) is 0 Å². The van der Waals surface area contributed by atoms with Crippen molar-refractivity contribution < 1.29 is 14.9 Å². The zero-order chi connectivity index (χ0) is 21.6. The van der Waals surface area contributed by atoms with Crippen LogP contribution >= 0.6 is 0 Å². The number of aromatic nitrogens is 1. The summed E-state index contributed by atoms with van der Waals surface area (Å²) in [6.45, 7) is 4.10. The number of nitrogens with zero attached hydrogens (tertiary/aromatic N) is 2. The van der Waals surface area contributed by atoms with Gasteiger partial charge in [-0.25, -0.2) is 0 Å². The largest absolute Gasteiger partial charge is 0.504 e. The molecule has 0 saturated carbocycles. The Kier molecular flexibility index (Phi) is 2.91. The number of aryl methyl sites for hydroxylation is 2. The van der Waals surface area contributed by atoms with Crippen LogP contribution in [0.4, 0.5) is 0 Å². The number of rotatable bonds is 0. The number of likely N-dealkylation sites (N-methyl/N-ethyl adjacent to an activating group) is 1. The Hall–Kier alpha value is -2.50. The number of benzene rings is 2. The third-order valence-electron chi connectivity index (χ3n) is 9.84. The molecule has 4 heterocycles. The fraction of sp³-hybridized carbons (Fsp3) is 0.481. The summed E-state index contributed by atoms with van der Waals surface area (Å²) in [6.07, 6.45) is 4.47. The molecule has 1 spiro atoms. The third kappa shape index (κ3) is 1.58. The van der Waals surface area contributed by atoms with E-state index in [0.717, 1.165) is 44.3 Å². The lowest BCUT2D eigenvalue weighted by molar-refractivity contribution is -0.196. The highest BCUT2D eigenvalue weighted by Gasteiger charge is 2.77. The van der Waals surface area contributed by atoms with Crippen LogP contribution in [0.2, 0.25) is 0 Å². The van der Waals surface area contributed by atoms with Gasteiger partial charge in [0, 0.05) is 30.0 Å². The maximum Gasteiger partial charge on any atom is 0.166 e. The van der Waals surface area contributed by atoms with Gasteiger partial charge in [0.2, 0.25) is 0 Å². The summed E-state index contributed by atoms with van der Waals surface area (Å²) in [6, 6.07) is 10.5. The van der Waals surface area contributed by atoms with Gasteiger partial charge in [-0.2, -0.15) is 0 Å². The molecule has 5 nitrogen and oxygen atoms in total. The van der Waals surface area contributed by atoms with Crippen molar-refractivity contribution in [3.05, 3.63) is 58.3 Å². The van der Waals surface area contributed by atoms with Crippen molar-refractivity contribution >= 4 is 10.9 Å². The van der Waals surface area contributed by atoms with E-state index >= 15 is 0 Å². The normalized spacial score (nSPS) is 36.0. The third-order valence-corrected chi connectivity index (χ3v) is 9.84. The van der Waals surface area contributed by atoms with E-state index in [0.29, 0.717) is 12.2 Å². The maximum atomic E-state index is 12.8. The van der Waals surface area contributed by atoms with Gasteiger partial charge in [-0.3, -0.25) is 0 Å². The van der Waals surface area contributed by atoms with Gasteiger partial charge in [0.15, 0.2) is 17.1 Å². The number of phenols is 1. The average Bonchev–Trinajstić information content (AvgIpc) is 3.24. The molecule has 164 valence electrons. The second kappa shape index (κ2) is 5.18. The van der Waals surface area contributed by atoms with E-state index < -0.39 is 16.6 Å². The Morgan fingerprint density at radius 3 is 2.88 bits per heavy atom. The lowest BCUT2D eigenvalue weighted by Gasteiger charge is -2.65. The van der Waals surface area contributed by atoms with Crippen LogP contribution < -0.4 is 4.74 Å². The fourth-order valence-electron chi connectivity index (χ4n) is 8.70. The summed E-state index contributed by atoms with van der Waals surface area (Å²) in [5.74, 6) is 0.804. The monoisotopic (exact) mass is 428 g/mol. The minimum absolute atomic E-state index is 0.0297. The molecule has 0 amide bonds. The highest BCUT2D eigenvalue weighted by atomic mass is 16.5. The van der Waals surface area contributed by atoms with E-state index in [1.807, 2.05) is 0 Å². The van der Waals surface area contributed by atoms with E-state index in [-0.39, 0.29) is 11.8 Å². The summed E-state index contributed by atoms with van der Waals surface area (Å²) >= 11 is 0. The predicted molar refractivity (Wildman–Crippen MR) is 121 cm³/mol. The van der Waals surface area contributed by atoms with Crippen molar-refractivity contribution in [1.82, 2.24) is 9.47 Å². The first-order valence-corrected chi connectivity index (χ1v) is 12.0. The number of hydrogen-bond donors (Lipinski definition) is 2. The van der Waals surface area contributed by atoms with Crippen molar-refractivity contribution in [1.29, 1.82) is 0 Å². The Morgan fingerprint density at radius 1 is 1.12 bits per heavy atom. The van der Waals surface area contributed by atoms with Gasteiger partial charge in [-0.15, -0.1) is 0 Å². The molecule has 1 unspecified atom stereocenters. The van der Waals surface area contributed by atoms with Gasteiger partial charge in [-0.1, -0.05) is 24.3 Å². The molecule has 0 radical (unpaired) electrons. The zero-order valence-electron chi connectivity index (χ0n) is 18.6. The summed E-state index contributed by atoms with van der Waals surface area (Å²) in [5.41, 5.74) is 5.28. The molecular weight excluding hydrogens is 400 g/mol. The molecule has 32 heavy (non-hydrogen) atoms. The van der Waals surface area contributed by atoms with Crippen LogP contribution in [0.3, 0.4) is 0 Å². The van der Waals surface area contributed by atoms with Crippen LogP contribution in [-0.4, -0.2) is 44.9 Å². The molecule has 3 aliphatic heterocycles. The first kappa shape index (κ1) is 18.0. The lowest BCUT2D eigenvalue weighted by Crippen LogP contribution is -2.77. The molecule has 5 aliphatic rings. The second-order valence-electron chi connectivity index (χ2n) is 10.9. The SMILES string of the molecule is CN1CC[C@]23c4c5ccc(O)c4OC2(C)c2c(c4cccc6c4n2CCC6)C[C@@]3(O)[C@H]1C5. The molecule has 2 N–H and O–H groups in total. The molecule has 4 atom stereocenters. The maximum absolute atomic E-state index is 12.8. The van der Waals surface area contributed by atoms with E-state index in [2.05, 4.69) is 47.7 Å². The first-order chi connectivity index (χ1) is 15.4. The quantitative estimate of drug-likeness (QED) is 0.576. The number of phenolic OH excluding ortho intramolecular Hbond substituents is 1. The van der Waals surface area contributed by atoms with Crippen LogP contribution in [0.1, 0.15) is 47.7 Å². The Balaban J connectivity index is 1.56. The highest BCUT2D eigenvalue weighted by molar-refractivity contribution is 5.90. The molecule has 1 saturated heterocycles. The van der Waals surface area contributed by atoms with E-state index in [4.69, 9.17) is 4.74 Å². The van der Waals surface area contributed by atoms with Crippen molar-refractivity contribution in [2.24, 2.45) is 0 Å². The minimum Gasteiger partial charge on any atom is -0.504 e. The number of piperidine rings is 1. The summed E-state index contributed by atoms with van der Waals surface area (Å²) < 4.78 is 9.41. The van der Waals surface area contributed by atoms with Gasteiger partial charge >= 0.3 is 0 Å². The summed E-state index contributed by atoms with van der Waals surface area (Å²) in [7, 11) is 2.15. The molecule has 2 aromatic carbocycles. The van der Waals surface area contributed by atoms with Crippen molar-refractivity contribution in [2.45, 2.75) is 68.2 Å². The van der Waals surface area contributed by atoms with Crippen LogP contribution in [-0.2, 0) is 36.8 Å². The minimum atomic E-state index is -0.947. The van der Waals surface area contributed by atoms with E-state index in [9.17, 15) is 10.2 Å². The van der Waals surface area contributed by atoms with E-state index in [1.54, 1.807) is 6.07 Å². The van der Waals surface area contributed by atoms with Gasteiger partial charge < -0.3 is 24.4 Å². The highest BCUT2D eigenvalue weighted by Crippen LogP contribution is 2.71. The molecule has 3 aromatic rings.